The van der Waals surface area contributed by atoms with Gasteiger partial charge in [0.15, 0.2) is 11.6 Å². The van der Waals surface area contributed by atoms with Crippen molar-refractivity contribution in [1.29, 1.82) is 0 Å². The molecule has 0 amide bonds. The lowest BCUT2D eigenvalue weighted by Gasteiger charge is -2.24. The van der Waals surface area contributed by atoms with Gasteiger partial charge in [0.1, 0.15) is 11.6 Å². The van der Waals surface area contributed by atoms with Crippen LogP contribution < -0.4 is 5.32 Å². The van der Waals surface area contributed by atoms with Gasteiger partial charge in [0.05, 0.1) is 5.69 Å². The number of anilines is 1. The highest BCUT2D eigenvalue weighted by molar-refractivity contribution is 5.41. The Balaban J connectivity index is 2.51. The van der Waals surface area contributed by atoms with Gasteiger partial charge in [0.25, 0.3) is 0 Å². The average Bonchev–Trinajstić information content (AvgIpc) is 2.44. The van der Waals surface area contributed by atoms with E-state index in [4.69, 9.17) is 0 Å². The van der Waals surface area contributed by atoms with Crippen LogP contribution in [0, 0.1) is 18.6 Å². The Labute approximate surface area is 123 Å². The summed E-state index contributed by atoms with van der Waals surface area (Å²) >= 11 is 0. The van der Waals surface area contributed by atoms with Crippen LogP contribution in [-0.2, 0) is 5.41 Å². The first-order valence-corrected chi connectivity index (χ1v) is 6.90. The molecule has 2 rings (SSSR count). The molecule has 0 saturated heterocycles. The van der Waals surface area contributed by atoms with Gasteiger partial charge in [-0.15, -0.1) is 0 Å². The number of rotatable bonds is 4. The third-order valence-electron chi connectivity index (χ3n) is 3.49. The number of aromatic nitrogens is 2. The summed E-state index contributed by atoms with van der Waals surface area (Å²) in [7, 11) is 0. The van der Waals surface area contributed by atoms with Crippen LogP contribution in [0.1, 0.15) is 37.9 Å². The number of halogens is 2. The summed E-state index contributed by atoms with van der Waals surface area (Å²) in [6.07, 6.45) is 0. The first kappa shape index (κ1) is 15.4. The number of hydrogen-bond donors (Lipinski definition) is 1. The molecule has 1 heterocycles. The number of benzene rings is 1. The quantitative estimate of drug-likeness (QED) is 0.930. The minimum absolute atomic E-state index is 0.204. The molecule has 5 heteroatoms. The van der Waals surface area contributed by atoms with Crippen LogP contribution in [0.15, 0.2) is 24.3 Å². The molecule has 21 heavy (non-hydrogen) atoms. The zero-order valence-corrected chi connectivity index (χ0v) is 12.7. The topological polar surface area (TPSA) is 37.8 Å². The largest absolute Gasteiger partial charge is 0.368 e. The van der Waals surface area contributed by atoms with Crippen molar-refractivity contribution < 1.29 is 8.78 Å². The standard InChI is InChI=1S/C16H19F2N3/c1-5-19-14-13(18)10(2)20-15(21-14)16(3,4)11-6-8-12(17)9-7-11/h6-9H,5H2,1-4H3,(H,19,20,21). The summed E-state index contributed by atoms with van der Waals surface area (Å²) in [5, 5.41) is 2.90. The molecule has 0 fully saturated rings. The molecule has 0 saturated carbocycles. The molecule has 3 nitrogen and oxygen atoms in total. The zero-order valence-electron chi connectivity index (χ0n) is 12.7. The highest BCUT2D eigenvalue weighted by atomic mass is 19.1. The molecule has 0 aliphatic heterocycles. The maximum atomic E-state index is 14.0. The molecule has 2 aromatic rings. The number of nitrogens with one attached hydrogen (secondary N) is 1. The Morgan fingerprint density at radius 1 is 1.10 bits per heavy atom. The fourth-order valence-electron chi connectivity index (χ4n) is 2.12. The van der Waals surface area contributed by atoms with E-state index in [1.165, 1.54) is 12.1 Å². The lowest BCUT2D eigenvalue weighted by atomic mass is 9.83. The second-order valence-electron chi connectivity index (χ2n) is 5.46. The lowest BCUT2D eigenvalue weighted by Crippen LogP contribution is -2.24. The Morgan fingerprint density at radius 3 is 2.29 bits per heavy atom. The molecule has 1 aromatic heterocycles. The van der Waals surface area contributed by atoms with Crippen molar-refractivity contribution in [3.63, 3.8) is 0 Å². The van der Waals surface area contributed by atoms with Crippen LogP contribution in [0.25, 0.3) is 0 Å². The van der Waals surface area contributed by atoms with E-state index >= 15 is 0 Å². The number of hydrogen-bond acceptors (Lipinski definition) is 3. The minimum atomic E-state index is -0.545. The molecule has 0 spiro atoms. The van der Waals surface area contributed by atoms with E-state index in [0.717, 1.165) is 5.56 Å². The van der Waals surface area contributed by atoms with Crippen LogP contribution in [0.4, 0.5) is 14.6 Å². The number of aryl methyl sites for hydroxylation is 1. The maximum Gasteiger partial charge on any atom is 0.186 e. The molecule has 1 aromatic carbocycles. The highest BCUT2D eigenvalue weighted by Gasteiger charge is 2.28. The highest BCUT2D eigenvalue weighted by Crippen LogP contribution is 2.30. The minimum Gasteiger partial charge on any atom is -0.368 e. The van der Waals surface area contributed by atoms with Crippen molar-refractivity contribution in [2.45, 2.75) is 33.1 Å². The Hall–Kier alpha value is -2.04. The van der Waals surface area contributed by atoms with Gasteiger partial charge >= 0.3 is 0 Å². The molecule has 0 bridgehead atoms. The van der Waals surface area contributed by atoms with E-state index in [1.54, 1.807) is 19.1 Å². The third-order valence-corrected chi connectivity index (χ3v) is 3.49. The van der Waals surface area contributed by atoms with E-state index in [-0.39, 0.29) is 11.6 Å². The van der Waals surface area contributed by atoms with Gasteiger partial charge in [0, 0.05) is 12.0 Å². The van der Waals surface area contributed by atoms with Crippen LogP contribution >= 0.6 is 0 Å². The van der Waals surface area contributed by atoms with Crippen LogP contribution in [0.3, 0.4) is 0 Å². The smallest absolute Gasteiger partial charge is 0.186 e. The summed E-state index contributed by atoms with van der Waals surface area (Å²) in [5.74, 6) is -0.0197. The Bertz CT molecular complexity index is 637. The van der Waals surface area contributed by atoms with E-state index in [9.17, 15) is 8.78 Å². The molecular formula is C16H19F2N3. The molecule has 0 radical (unpaired) electrons. The van der Waals surface area contributed by atoms with Crippen LogP contribution in [0.2, 0.25) is 0 Å². The summed E-state index contributed by atoms with van der Waals surface area (Å²) in [6.45, 7) is 7.93. The van der Waals surface area contributed by atoms with Crippen molar-refractivity contribution in [2.75, 3.05) is 11.9 Å². The van der Waals surface area contributed by atoms with Gasteiger partial charge in [-0.05, 0) is 45.4 Å². The van der Waals surface area contributed by atoms with E-state index in [0.29, 0.717) is 18.1 Å². The normalized spacial score (nSPS) is 11.5. The fourth-order valence-corrected chi connectivity index (χ4v) is 2.12. The molecule has 0 aliphatic carbocycles. The molecule has 0 unspecified atom stereocenters. The summed E-state index contributed by atoms with van der Waals surface area (Å²) in [4.78, 5) is 8.57. The van der Waals surface area contributed by atoms with Gasteiger partial charge in [0.2, 0.25) is 0 Å². The predicted molar refractivity (Wildman–Crippen MR) is 79.4 cm³/mol. The molecule has 0 aliphatic rings. The van der Waals surface area contributed by atoms with Gasteiger partial charge in [-0.1, -0.05) is 12.1 Å². The van der Waals surface area contributed by atoms with Gasteiger partial charge in [-0.2, -0.15) is 0 Å². The van der Waals surface area contributed by atoms with E-state index in [1.807, 2.05) is 20.8 Å². The summed E-state index contributed by atoms with van der Waals surface area (Å²) in [5.41, 5.74) is 0.625. The first-order chi connectivity index (χ1) is 9.86. The molecular weight excluding hydrogens is 272 g/mol. The monoisotopic (exact) mass is 291 g/mol. The van der Waals surface area contributed by atoms with Crippen LogP contribution in [0.5, 0.6) is 0 Å². The van der Waals surface area contributed by atoms with Crippen molar-refractivity contribution in [2.24, 2.45) is 0 Å². The molecule has 1 N–H and O–H groups in total. The lowest BCUT2D eigenvalue weighted by molar-refractivity contribution is 0.554. The zero-order chi connectivity index (χ0) is 15.6. The van der Waals surface area contributed by atoms with Gasteiger partial charge in [-0.3, -0.25) is 0 Å². The SMILES string of the molecule is CCNc1nc(C(C)(C)c2ccc(F)cc2)nc(C)c1F. The van der Waals surface area contributed by atoms with Crippen molar-refractivity contribution in [1.82, 2.24) is 9.97 Å². The maximum absolute atomic E-state index is 14.0. The predicted octanol–water partition coefficient (Wildman–Crippen LogP) is 3.82. The van der Waals surface area contributed by atoms with Crippen molar-refractivity contribution in [3.8, 4) is 0 Å². The van der Waals surface area contributed by atoms with Gasteiger partial charge in [-0.25, -0.2) is 18.7 Å². The summed E-state index contributed by atoms with van der Waals surface area (Å²) in [6, 6.07) is 6.20. The first-order valence-electron chi connectivity index (χ1n) is 6.90. The molecule has 112 valence electrons. The van der Waals surface area contributed by atoms with E-state index < -0.39 is 11.2 Å². The Kier molecular flexibility index (Phi) is 4.21. The third kappa shape index (κ3) is 3.01. The summed E-state index contributed by atoms with van der Waals surface area (Å²) < 4.78 is 27.0. The van der Waals surface area contributed by atoms with Crippen LogP contribution in [-0.4, -0.2) is 16.5 Å². The van der Waals surface area contributed by atoms with Crippen molar-refractivity contribution >= 4 is 5.82 Å². The second kappa shape index (κ2) is 5.76. The molecule has 0 atom stereocenters. The van der Waals surface area contributed by atoms with E-state index in [2.05, 4.69) is 15.3 Å². The number of nitrogens with zero attached hydrogens (tertiary/aromatic N) is 2. The second-order valence-corrected chi connectivity index (χ2v) is 5.46. The Morgan fingerprint density at radius 2 is 1.71 bits per heavy atom. The fraction of sp³-hybridized carbons (Fsp3) is 0.375. The van der Waals surface area contributed by atoms with Crippen molar-refractivity contribution in [3.05, 3.63) is 53.0 Å². The van der Waals surface area contributed by atoms with Gasteiger partial charge < -0.3 is 5.32 Å². The average molecular weight is 291 g/mol.